The summed E-state index contributed by atoms with van der Waals surface area (Å²) in [4.78, 5) is 11.2. The van der Waals surface area contributed by atoms with Gasteiger partial charge in [-0.1, -0.05) is 0 Å². The van der Waals surface area contributed by atoms with Gasteiger partial charge in [0, 0.05) is 0 Å². The van der Waals surface area contributed by atoms with Crippen molar-refractivity contribution in [1.29, 1.82) is 0 Å². The summed E-state index contributed by atoms with van der Waals surface area (Å²) in [5.74, 6) is -0.433. The fourth-order valence-corrected chi connectivity index (χ4v) is 6.01. The first-order valence-corrected chi connectivity index (χ1v) is 11.0. The molecular weight excluding hydrogens is 386 g/mol. The summed E-state index contributed by atoms with van der Waals surface area (Å²) in [6.45, 7) is 7.44. The molecule has 0 saturated heterocycles. The van der Waals surface area contributed by atoms with Crippen molar-refractivity contribution in [2.45, 2.75) is 20.8 Å². The Bertz CT molecular complexity index is 450. The molecule has 5 heteroatoms. The average molecular weight is 410 g/mol. The van der Waals surface area contributed by atoms with Crippen LogP contribution in [0.15, 0.2) is 18.2 Å². The van der Waals surface area contributed by atoms with E-state index in [-0.39, 0.29) is 5.56 Å². The first kappa shape index (κ1) is 17.7. The predicted molar refractivity (Wildman–Crippen MR) is 96.4 cm³/mol. The fraction of sp³-hybridized carbons (Fsp3) is 0.533. The van der Waals surface area contributed by atoms with Crippen LogP contribution in [0.1, 0.15) is 31.1 Å². The Morgan fingerprint density at radius 2 is 1.85 bits per heavy atom. The van der Waals surface area contributed by atoms with E-state index in [0.29, 0.717) is 12.4 Å². The van der Waals surface area contributed by atoms with Gasteiger partial charge in [-0.05, 0) is 0 Å². The van der Waals surface area contributed by atoms with Crippen LogP contribution in [0, 0.1) is 3.57 Å². The van der Waals surface area contributed by atoms with Gasteiger partial charge in [0.2, 0.25) is 0 Å². The summed E-state index contributed by atoms with van der Waals surface area (Å²) in [5.41, 5.74) is 0.252. The van der Waals surface area contributed by atoms with Crippen molar-refractivity contribution in [3.05, 3.63) is 27.3 Å². The molecule has 0 aliphatic carbocycles. The van der Waals surface area contributed by atoms with E-state index in [1.807, 2.05) is 0 Å². The van der Waals surface area contributed by atoms with Gasteiger partial charge in [-0.2, -0.15) is 0 Å². The minimum absolute atomic E-state index is 0.252. The second kappa shape index (κ2) is 8.18. The fourth-order valence-electron chi connectivity index (χ4n) is 2.45. The van der Waals surface area contributed by atoms with Crippen LogP contribution in [0.3, 0.4) is 0 Å². The Hall–Kier alpha value is -0.350. The van der Waals surface area contributed by atoms with Crippen LogP contribution in [-0.4, -0.2) is 42.3 Å². The van der Waals surface area contributed by atoms with E-state index >= 15 is 0 Å². The number of halogens is 1. The molecule has 0 aliphatic rings. The van der Waals surface area contributed by atoms with Gasteiger partial charge in [0.25, 0.3) is 0 Å². The van der Waals surface area contributed by atoms with E-state index in [4.69, 9.17) is 4.74 Å². The number of hydrogen-bond donors (Lipinski definition) is 1. The van der Waals surface area contributed by atoms with Gasteiger partial charge in [-0.15, -0.1) is 0 Å². The van der Waals surface area contributed by atoms with Crippen molar-refractivity contribution in [2.24, 2.45) is 0 Å². The molecule has 0 fully saturated rings. The maximum atomic E-state index is 11.2. The van der Waals surface area contributed by atoms with Gasteiger partial charge in [0.15, 0.2) is 0 Å². The van der Waals surface area contributed by atoms with E-state index in [2.05, 4.69) is 43.4 Å². The summed E-state index contributed by atoms with van der Waals surface area (Å²) >= 11 is 2.17. The van der Waals surface area contributed by atoms with Crippen molar-refractivity contribution < 1.29 is 14.6 Å². The topological polar surface area (TPSA) is 46.5 Å². The molecule has 0 unspecified atom stereocenters. The summed E-state index contributed by atoms with van der Waals surface area (Å²) < 4.78 is 6.78. The zero-order valence-electron chi connectivity index (χ0n) is 12.4. The van der Waals surface area contributed by atoms with Crippen molar-refractivity contribution in [3.8, 4) is 5.75 Å². The van der Waals surface area contributed by atoms with Crippen LogP contribution in [0.5, 0.6) is 5.75 Å². The average Bonchev–Trinajstić information content (AvgIpc) is 2.44. The van der Waals surface area contributed by atoms with E-state index in [1.165, 1.54) is 18.5 Å². The Balaban J connectivity index is 2.75. The van der Waals surface area contributed by atoms with E-state index in [0.717, 1.165) is 9.73 Å². The second-order valence-electron chi connectivity index (χ2n) is 5.10. The molecule has 0 saturated carbocycles. The van der Waals surface area contributed by atoms with Crippen LogP contribution in [-0.2, 0) is 0 Å². The number of hydrogen-bond acceptors (Lipinski definition) is 2. The van der Waals surface area contributed by atoms with Gasteiger partial charge in [0.05, 0.1) is 0 Å². The number of carbonyl (C=O) groups is 1. The zero-order chi connectivity index (χ0) is 15.2. The molecule has 1 rings (SSSR count). The molecule has 0 atom stereocenters. The molecule has 0 spiro atoms. The molecule has 1 aromatic carbocycles. The van der Waals surface area contributed by atoms with Gasteiger partial charge < -0.3 is 0 Å². The van der Waals surface area contributed by atoms with Crippen molar-refractivity contribution in [2.75, 3.05) is 31.3 Å². The van der Waals surface area contributed by atoms with Crippen LogP contribution in [0.25, 0.3) is 0 Å². The standard InChI is InChI=1S/C15H24IO3P/c1-4-20(5-2,6-3)10-9-19-14-11-12(16)7-8-13(14)15(17)18/h7-8,11,20H,4-6,9-10H2,1-3H3,(H,17,18). The van der Waals surface area contributed by atoms with Crippen LogP contribution >= 0.6 is 29.9 Å². The number of aromatic carboxylic acids is 1. The normalized spacial score (nSPS) is 12.2. The Morgan fingerprint density at radius 1 is 1.25 bits per heavy atom. The molecule has 0 bridgehead atoms. The maximum absolute atomic E-state index is 11.2. The Kier molecular flexibility index (Phi) is 7.24. The molecule has 1 aromatic rings. The minimum atomic E-state index is -1.20. The quantitative estimate of drug-likeness (QED) is 0.517. The molecule has 0 aromatic heterocycles. The van der Waals surface area contributed by atoms with Gasteiger partial charge >= 0.3 is 136 Å². The number of ether oxygens (including phenoxy) is 1. The number of carboxylic acid groups (broad SMARTS) is 1. The van der Waals surface area contributed by atoms with Gasteiger partial charge in [0.1, 0.15) is 0 Å². The summed E-state index contributed by atoms with van der Waals surface area (Å²) in [7, 11) is -1.20. The molecule has 0 heterocycles. The van der Waals surface area contributed by atoms with Crippen molar-refractivity contribution in [1.82, 2.24) is 0 Å². The van der Waals surface area contributed by atoms with Crippen molar-refractivity contribution >= 4 is 35.8 Å². The zero-order valence-corrected chi connectivity index (χ0v) is 15.6. The van der Waals surface area contributed by atoms with Crippen molar-refractivity contribution in [3.63, 3.8) is 0 Å². The third kappa shape index (κ3) is 4.59. The third-order valence-corrected chi connectivity index (χ3v) is 10.7. The van der Waals surface area contributed by atoms with E-state index < -0.39 is 13.2 Å². The monoisotopic (exact) mass is 410 g/mol. The SMILES string of the molecule is CC[PH](CC)(CC)CCOc1cc(I)ccc1C(=O)O. The number of rotatable bonds is 8. The first-order chi connectivity index (χ1) is 9.48. The summed E-state index contributed by atoms with van der Waals surface area (Å²) in [6, 6.07) is 5.21. The molecule has 0 amide bonds. The van der Waals surface area contributed by atoms with Crippen LogP contribution < -0.4 is 4.74 Å². The molecule has 1 N–H and O–H groups in total. The molecule has 0 radical (unpaired) electrons. The predicted octanol–water partition coefficient (Wildman–Crippen LogP) is 4.18. The molecule has 0 aliphatic heterocycles. The second-order valence-corrected chi connectivity index (χ2v) is 12.0. The van der Waals surface area contributed by atoms with Gasteiger partial charge in [-0.25, -0.2) is 0 Å². The van der Waals surface area contributed by atoms with E-state index in [1.54, 1.807) is 18.2 Å². The van der Waals surface area contributed by atoms with E-state index in [9.17, 15) is 9.90 Å². The Labute approximate surface area is 135 Å². The van der Waals surface area contributed by atoms with Crippen LogP contribution in [0.2, 0.25) is 0 Å². The first-order valence-electron chi connectivity index (χ1n) is 7.13. The molecule has 114 valence electrons. The van der Waals surface area contributed by atoms with Crippen LogP contribution in [0.4, 0.5) is 0 Å². The third-order valence-electron chi connectivity index (χ3n) is 4.31. The number of benzene rings is 1. The molecule has 20 heavy (non-hydrogen) atoms. The number of carboxylic acids is 1. The Morgan fingerprint density at radius 3 is 2.35 bits per heavy atom. The summed E-state index contributed by atoms with van der Waals surface area (Å²) in [6.07, 6.45) is 4.89. The van der Waals surface area contributed by atoms with Gasteiger partial charge in [-0.3, -0.25) is 0 Å². The molecular formula is C15H24IO3P. The summed E-state index contributed by atoms with van der Waals surface area (Å²) in [5, 5.41) is 9.18. The molecule has 3 nitrogen and oxygen atoms in total.